The Balaban J connectivity index is 1.61. The highest BCUT2D eigenvalue weighted by atomic mass is 32.1. The zero-order valence-corrected chi connectivity index (χ0v) is 13.8. The van der Waals surface area contributed by atoms with Crippen LogP contribution in [0.4, 0.5) is 5.69 Å². The minimum absolute atomic E-state index is 0.00318. The summed E-state index contributed by atoms with van der Waals surface area (Å²) in [5, 5.41) is 2.92. The number of nitrogens with zero attached hydrogens (tertiary/aromatic N) is 1. The molecule has 118 valence electrons. The maximum atomic E-state index is 12.0. The Kier molecular flexibility index (Phi) is 5.39. The fourth-order valence-electron chi connectivity index (χ4n) is 2.17. The third-order valence-corrected chi connectivity index (χ3v) is 4.19. The summed E-state index contributed by atoms with van der Waals surface area (Å²) in [4.78, 5) is 17.2. The third kappa shape index (κ3) is 4.80. The molecule has 0 radical (unpaired) electrons. The number of carbonyl (C=O) groups is 1. The molecule has 0 saturated heterocycles. The van der Waals surface area contributed by atoms with Gasteiger partial charge in [0, 0.05) is 34.3 Å². The Morgan fingerprint density at radius 2 is 1.83 bits per heavy atom. The van der Waals surface area contributed by atoms with Crippen molar-refractivity contribution in [1.29, 1.82) is 0 Å². The minimum Gasteiger partial charge on any atom is -0.326 e. The average molecular weight is 332 g/mol. The molecule has 0 aliphatic carbocycles. The van der Waals surface area contributed by atoms with Gasteiger partial charge in [0.1, 0.15) is 0 Å². The van der Waals surface area contributed by atoms with Crippen LogP contribution in [0.5, 0.6) is 0 Å². The highest BCUT2D eigenvalue weighted by molar-refractivity contribution is 7.09. The molecule has 0 unspecified atom stereocenters. The van der Waals surface area contributed by atoms with Crippen LogP contribution in [0.2, 0.25) is 0 Å². The van der Waals surface area contributed by atoms with Gasteiger partial charge in [-0.1, -0.05) is 36.1 Å². The van der Waals surface area contributed by atoms with E-state index in [0.29, 0.717) is 12.8 Å². The quantitative estimate of drug-likeness (QED) is 0.731. The normalized spacial score (nSPS) is 9.83. The SMILES string of the molecule is O=C(CCc1cncs1)Nc1cccc(C#Cc2ccccc2)c1. The number of rotatable bonds is 4. The number of nitrogens with one attached hydrogen (secondary N) is 1. The molecule has 1 aromatic heterocycles. The van der Waals surface area contributed by atoms with Crippen molar-refractivity contribution in [2.24, 2.45) is 0 Å². The molecule has 3 rings (SSSR count). The number of thiazole rings is 1. The van der Waals surface area contributed by atoms with Gasteiger partial charge in [-0.15, -0.1) is 11.3 Å². The first-order valence-electron chi connectivity index (χ1n) is 7.64. The fraction of sp³-hybridized carbons (Fsp3) is 0.100. The number of hydrogen-bond donors (Lipinski definition) is 1. The van der Waals surface area contributed by atoms with E-state index in [1.165, 1.54) is 0 Å². The van der Waals surface area contributed by atoms with Gasteiger partial charge in [-0.05, 0) is 36.8 Å². The van der Waals surface area contributed by atoms with Crippen molar-refractivity contribution >= 4 is 22.9 Å². The molecule has 2 aromatic carbocycles. The Morgan fingerprint density at radius 1 is 1.04 bits per heavy atom. The van der Waals surface area contributed by atoms with Crippen molar-refractivity contribution < 1.29 is 4.79 Å². The van der Waals surface area contributed by atoms with Gasteiger partial charge in [0.2, 0.25) is 5.91 Å². The average Bonchev–Trinajstić information content (AvgIpc) is 3.13. The Morgan fingerprint density at radius 3 is 2.62 bits per heavy atom. The molecule has 24 heavy (non-hydrogen) atoms. The van der Waals surface area contributed by atoms with Crippen molar-refractivity contribution in [3.05, 3.63) is 82.3 Å². The second-order valence-corrected chi connectivity index (χ2v) is 6.18. The van der Waals surface area contributed by atoms with Gasteiger partial charge in [-0.3, -0.25) is 9.78 Å². The summed E-state index contributed by atoms with van der Waals surface area (Å²) in [5.41, 5.74) is 4.39. The van der Waals surface area contributed by atoms with Crippen LogP contribution < -0.4 is 5.32 Å². The van der Waals surface area contributed by atoms with Crippen molar-refractivity contribution in [3.8, 4) is 11.8 Å². The van der Waals surface area contributed by atoms with Crippen molar-refractivity contribution in [1.82, 2.24) is 4.98 Å². The number of hydrogen-bond acceptors (Lipinski definition) is 3. The van der Waals surface area contributed by atoms with Crippen LogP contribution in [0.1, 0.15) is 22.4 Å². The van der Waals surface area contributed by atoms with Crippen molar-refractivity contribution in [2.45, 2.75) is 12.8 Å². The van der Waals surface area contributed by atoms with Crippen LogP contribution >= 0.6 is 11.3 Å². The van der Waals surface area contributed by atoms with Crippen LogP contribution in [0, 0.1) is 11.8 Å². The number of amides is 1. The van der Waals surface area contributed by atoms with Crippen LogP contribution in [-0.2, 0) is 11.2 Å². The van der Waals surface area contributed by atoms with Gasteiger partial charge in [-0.2, -0.15) is 0 Å². The van der Waals surface area contributed by atoms with E-state index < -0.39 is 0 Å². The predicted octanol–water partition coefficient (Wildman–Crippen LogP) is 4.11. The number of aryl methyl sites for hydroxylation is 1. The fourth-order valence-corrected chi connectivity index (χ4v) is 2.77. The summed E-state index contributed by atoms with van der Waals surface area (Å²) < 4.78 is 0. The van der Waals surface area contributed by atoms with Gasteiger partial charge >= 0.3 is 0 Å². The zero-order valence-electron chi connectivity index (χ0n) is 13.0. The molecule has 0 aliphatic heterocycles. The minimum atomic E-state index is -0.00318. The second-order valence-electron chi connectivity index (χ2n) is 5.21. The molecular formula is C20H16N2OS. The predicted molar refractivity (Wildman–Crippen MR) is 97.9 cm³/mol. The molecular weight excluding hydrogens is 316 g/mol. The van der Waals surface area contributed by atoms with E-state index in [4.69, 9.17) is 0 Å². The first-order chi connectivity index (χ1) is 11.8. The number of anilines is 1. The van der Waals surface area contributed by atoms with E-state index >= 15 is 0 Å². The summed E-state index contributed by atoms with van der Waals surface area (Å²) in [5.74, 6) is 6.23. The second kappa shape index (κ2) is 8.09. The monoisotopic (exact) mass is 332 g/mol. The van der Waals surface area contributed by atoms with Gasteiger partial charge < -0.3 is 5.32 Å². The highest BCUT2D eigenvalue weighted by Gasteiger charge is 2.04. The first kappa shape index (κ1) is 16.0. The van der Waals surface area contributed by atoms with E-state index in [1.807, 2.05) is 54.6 Å². The lowest BCUT2D eigenvalue weighted by molar-refractivity contribution is -0.116. The summed E-state index contributed by atoms with van der Waals surface area (Å²) in [6, 6.07) is 17.4. The van der Waals surface area contributed by atoms with Crippen LogP contribution in [0.15, 0.2) is 66.3 Å². The lowest BCUT2D eigenvalue weighted by Gasteiger charge is -2.05. The summed E-state index contributed by atoms with van der Waals surface area (Å²) in [7, 11) is 0. The first-order valence-corrected chi connectivity index (χ1v) is 8.52. The molecule has 0 spiro atoms. The van der Waals surface area contributed by atoms with Gasteiger partial charge in [-0.25, -0.2) is 0 Å². The smallest absolute Gasteiger partial charge is 0.224 e. The maximum absolute atomic E-state index is 12.0. The Bertz CT molecular complexity index is 861. The van der Waals surface area contributed by atoms with Gasteiger partial charge in [0.25, 0.3) is 0 Å². The van der Waals surface area contributed by atoms with Crippen LogP contribution in [0.3, 0.4) is 0 Å². The molecule has 3 nitrogen and oxygen atoms in total. The van der Waals surface area contributed by atoms with E-state index in [0.717, 1.165) is 21.7 Å². The number of benzene rings is 2. The summed E-state index contributed by atoms with van der Waals surface area (Å²) in [6.45, 7) is 0. The summed E-state index contributed by atoms with van der Waals surface area (Å²) >= 11 is 1.57. The Hall–Kier alpha value is -2.90. The standard InChI is InChI=1S/C20H16N2OS/c23-20(12-11-19-14-21-15-24-19)22-18-8-4-7-17(13-18)10-9-16-5-2-1-3-6-16/h1-8,13-15H,11-12H2,(H,22,23). The lowest BCUT2D eigenvalue weighted by atomic mass is 10.1. The van der Waals surface area contributed by atoms with E-state index in [9.17, 15) is 4.79 Å². The molecule has 0 aliphatic rings. The molecule has 0 saturated carbocycles. The largest absolute Gasteiger partial charge is 0.326 e. The highest BCUT2D eigenvalue weighted by Crippen LogP contribution is 2.12. The molecule has 0 bridgehead atoms. The third-order valence-electron chi connectivity index (χ3n) is 3.35. The molecule has 3 aromatic rings. The topological polar surface area (TPSA) is 42.0 Å². The van der Waals surface area contributed by atoms with Gasteiger partial charge in [0.15, 0.2) is 0 Å². The number of carbonyl (C=O) groups excluding carboxylic acids is 1. The van der Waals surface area contributed by atoms with Crippen molar-refractivity contribution in [2.75, 3.05) is 5.32 Å². The Labute approximate surface area is 145 Å². The summed E-state index contributed by atoms with van der Waals surface area (Å²) in [6.07, 6.45) is 2.96. The van der Waals surface area contributed by atoms with E-state index in [-0.39, 0.29) is 5.91 Å². The van der Waals surface area contributed by atoms with Crippen LogP contribution in [0.25, 0.3) is 0 Å². The molecule has 1 heterocycles. The van der Waals surface area contributed by atoms with Crippen LogP contribution in [-0.4, -0.2) is 10.9 Å². The molecule has 4 heteroatoms. The van der Waals surface area contributed by atoms with E-state index in [1.54, 1.807) is 23.0 Å². The van der Waals surface area contributed by atoms with Crippen molar-refractivity contribution in [3.63, 3.8) is 0 Å². The zero-order chi connectivity index (χ0) is 16.6. The maximum Gasteiger partial charge on any atom is 0.224 e. The molecule has 0 atom stereocenters. The number of aromatic nitrogens is 1. The molecule has 1 amide bonds. The lowest BCUT2D eigenvalue weighted by Crippen LogP contribution is -2.12. The molecule has 1 N–H and O–H groups in total. The molecule has 0 fully saturated rings. The van der Waals surface area contributed by atoms with Gasteiger partial charge in [0.05, 0.1) is 5.51 Å². The van der Waals surface area contributed by atoms with E-state index in [2.05, 4.69) is 22.1 Å².